The third-order valence-corrected chi connectivity index (χ3v) is 6.26. The Morgan fingerprint density at radius 3 is 2.53 bits per heavy atom. The molecular formula is C21H21FN4O3S. The van der Waals surface area contributed by atoms with Crippen molar-refractivity contribution in [3.8, 4) is 17.5 Å². The number of morpholine rings is 1. The SMILES string of the molecule is C[C@@H]1CN([C@H](c2ccc(F)cc2)c2sc3nc(-c4ccco4)nn3c2O)C[C@H](C)O1. The van der Waals surface area contributed by atoms with Crippen molar-refractivity contribution in [2.24, 2.45) is 0 Å². The second-order valence-electron chi connectivity index (χ2n) is 7.56. The molecule has 9 heteroatoms. The number of thiazole rings is 1. The van der Waals surface area contributed by atoms with Crippen LogP contribution in [0.4, 0.5) is 4.39 Å². The van der Waals surface area contributed by atoms with E-state index in [9.17, 15) is 9.50 Å². The molecule has 1 N–H and O–H groups in total. The molecule has 0 amide bonds. The Morgan fingerprint density at radius 2 is 1.90 bits per heavy atom. The highest BCUT2D eigenvalue weighted by Gasteiger charge is 2.34. The molecule has 156 valence electrons. The molecule has 0 bridgehead atoms. The van der Waals surface area contributed by atoms with E-state index in [1.165, 1.54) is 28.0 Å². The van der Waals surface area contributed by atoms with Crippen molar-refractivity contribution in [3.63, 3.8) is 0 Å². The fraction of sp³-hybridized carbons (Fsp3) is 0.333. The third-order valence-electron chi connectivity index (χ3n) is 5.19. The number of aromatic nitrogens is 3. The summed E-state index contributed by atoms with van der Waals surface area (Å²) >= 11 is 1.37. The van der Waals surface area contributed by atoms with Crippen LogP contribution in [0.5, 0.6) is 5.88 Å². The maximum atomic E-state index is 13.6. The minimum atomic E-state index is -0.295. The monoisotopic (exact) mass is 428 g/mol. The van der Waals surface area contributed by atoms with Crippen molar-refractivity contribution in [1.29, 1.82) is 0 Å². The molecule has 1 aromatic carbocycles. The van der Waals surface area contributed by atoms with E-state index >= 15 is 0 Å². The number of nitrogens with zero attached hydrogens (tertiary/aromatic N) is 4. The normalized spacial score (nSPS) is 21.3. The summed E-state index contributed by atoms with van der Waals surface area (Å²) in [5.41, 5.74) is 0.892. The maximum Gasteiger partial charge on any atom is 0.230 e. The highest BCUT2D eigenvalue weighted by Crippen LogP contribution is 2.41. The largest absolute Gasteiger partial charge is 0.492 e. The molecule has 0 unspecified atom stereocenters. The summed E-state index contributed by atoms with van der Waals surface area (Å²) in [6.45, 7) is 5.44. The number of rotatable bonds is 4. The molecule has 4 aromatic rings. The second-order valence-corrected chi connectivity index (χ2v) is 8.57. The molecule has 1 aliphatic rings. The van der Waals surface area contributed by atoms with Crippen LogP contribution in [0.15, 0.2) is 47.1 Å². The van der Waals surface area contributed by atoms with Crippen molar-refractivity contribution in [2.75, 3.05) is 13.1 Å². The van der Waals surface area contributed by atoms with E-state index in [-0.39, 0.29) is 29.9 Å². The smallest absolute Gasteiger partial charge is 0.230 e. The van der Waals surface area contributed by atoms with Crippen LogP contribution in [0, 0.1) is 5.82 Å². The van der Waals surface area contributed by atoms with Gasteiger partial charge in [0.2, 0.25) is 16.7 Å². The molecule has 3 atom stereocenters. The van der Waals surface area contributed by atoms with Gasteiger partial charge in [-0.1, -0.05) is 23.5 Å². The average molecular weight is 428 g/mol. The molecule has 0 saturated carbocycles. The summed E-state index contributed by atoms with van der Waals surface area (Å²) in [6.07, 6.45) is 1.65. The first-order valence-electron chi connectivity index (χ1n) is 9.77. The Hall–Kier alpha value is -2.75. The summed E-state index contributed by atoms with van der Waals surface area (Å²) in [5, 5.41) is 15.5. The number of ether oxygens (including phenoxy) is 1. The van der Waals surface area contributed by atoms with Gasteiger partial charge in [-0.3, -0.25) is 4.90 Å². The standard InChI is InChI=1S/C21H21FN4O3S/c1-12-10-25(11-13(2)29-12)17(14-5-7-15(22)8-6-14)18-20(27)26-21(30-18)23-19(24-26)16-4-3-9-28-16/h3-9,12-13,17,27H,10-11H2,1-2H3/t12-,13+,17-/m1/s1. The number of hydrogen-bond acceptors (Lipinski definition) is 7. The zero-order valence-electron chi connectivity index (χ0n) is 16.5. The molecule has 7 nitrogen and oxygen atoms in total. The Morgan fingerprint density at radius 1 is 1.17 bits per heavy atom. The van der Waals surface area contributed by atoms with Gasteiger partial charge in [-0.25, -0.2) is 4.39 Å². The first-order valence-corrected chi connectivity index (χ1v) is 10.6. The topological polar surface area (TPSA) is 76.0 Å². The van der Waals surface area contributed by atoms with Crippen LogP contribution in [0.1, 0.15) is 30.3 Å². The molecule has 0 aliphatic carbocycles. The summed E-state index contributed by atoms with van der Waals surface area (Å²) in [4.78, 5) is 8.05. The molecular weight excluding hydrogens is 407 g/mol. The Kier molecular flexibility index (Phi) is 4.80. The molecule has 4 heterocycles. The number of halogens is 1. The molecule has 1 saturated heterocycles. The van der Waals surface area contributed by atoms with E-state index in [1.54, 1.807) is 30.5 Å². The summed E-state index contributed by atoms with van der Waals surface area (Å²) in [7, 11) is 0. The van der Waals surface area contributed by atoms with Crippen LogP contribution in [0.2, 0.25) is 0 Å². The van der Waals surface area contributed by atoms with Gasteiger partial charge >= 0.3 is 0 Å². The molecule has 3 aromatic heterocycles. The predicted molar refractivity (Wildman–Crippen MR) is 110 cm³/mol. The van der Waals surface area contributed by atoms with E-state index in [1.807, 2.05) is 13.8 Å². The number of aromatic hydroxyl groups is 1. The van der Waals surface area contributed by atoms with E-state index in [0.29, 0.717) is 34.5 Å². The lowest BCUT2D eigenvalue weighted by Gasteiger charge is -2.40. The number of furan rings is 1. The average Bonchev–Trinajstić information content (AvgIpc) is 3.42. The summed E-state index contributed by atoms with van der Waals surface area (Å²) in [5.74, 6) is 0.690. The zero-order valence-corrected chi connectivity index (χ0v) is 17.3. The molecule has 1 fully saturated rings. The van der Waals surface area contributed by atoms with Gasteiger partial charge in [-0.2, -0.15) is 9.50 Å². The quantitative estimate of drug-likeness (QED) is 0.528. The van der Waals surface area contributed by atoms with Gasteiger partial charge in [0.25, 0.3) is 0 Å². The minimum Gasteiger partial charge on any atom is -0.492 e. The van der Waals surface area contributed by atoms with Crippen molar-refractivity contribution in [1.82, 2.24) is 19.5 Å². The van der Waals surface area contributed by atoms with Crippen LogP contribution in [-0.2, 0) is 4.74 Å². The number of hydrogen-bond donors (Lipinski definition) is 1. The van der Waals surface area contributed by atoms with Crippen LogP contribution >= 0.6 is 11.3 Å². The Labute approximate surface area is 176 Å². The van der Waals surface area contributed by atoms with Crippen molar-refractivity contribution in [2.45, 2.75) is 32.1 Å². The van der Waals surface area contributed by atoms with Gasteiger partial charge in [-0.05, 0) is 43.7 Å². The summed E-state index contributed by atoms with van der Waals surface area (Å²) in [6, 6.07) is 9.68. The summed E-state index contributed by atoms with van der Waals surface area (Å²) < 4.78 is 26.3. The van der Waals surface area contributed by atoms with Crippen LogP contribution in [0.25, 0.3) is 16.5 Å². The molecule has 0 spiro atoms. The lowest BCUT2D eigenvalue weighted by molar-refractivity contribution is -0.0764. The Balaban J connectivity index is 1.60. The number of fused-ring (bicyclic) bond motifs is 1. The molecule has 30 heavy (non-hydrogen) atoms. The lowest BCUT2D eigenvalue weighted by atomic mass is 10.0. The van der Waals surface area contributed by atoms with Crippen molar-refractivity contribution in [3.05, 3.63) is 58.9 Å². The van der Waals surface area contributed by atoms with E-state index in [2.05, 4.69) is 15.0 Å². The van der Waals surface area contributed by atoms with E-state index in [4.69, 9.17) is 9.15 Å². The van der Waals surface area contributed by atoms with Crippen LogP contribution < -0.4 is 0 Å². The van der Waals surface area contributed by atoms with Gasteiger partial charge < -0.3 is 14.3 Å². The first-order chi connectivity index (χ1) is 14.5. The third kappa shape index (κ3) is 3.38. The van der Waals surface area contributed by atoms with Crippen LogP contribution in [-0.4, -0.2) is 49.9 Å². The maximum absolute atomic E-state index is 13.6. The highest BCUT2D eigenvalue weighted by molar-refractivity contribution is 7.17. The predicted octanol–water partition coefficient (Wildman–Crippen LogP) is 4.09. The Bertz CT molecular complexity index is 1150. The molecule has 0 radical (unpaired) electrons. The van der Waals surface area contributed by atoms with Gasteiger partial charge in [0.15, 0.2) is 5.76 Å². The van der Waals surface area contributed by atoms with Crippen LogP contribution in [0.3, 0.4) is 0 Å². The highest BCUT2D eigenvalue weighted by atomic mass is 32.1. The fourth-order valence-corrected chi connectivity index (χ4v) is 5.16. The first kappa shape index (κ1) is 19.2. The van der Waals surface area contributed by atoms with Gasteiger partial charge in [0.05, 0.1) is 29.4 Å². The second kappa shape index (κ2) is 7.50. The van der Waals surface area contributed by atoms with Gasteiger partial charge in [0, 0.05) is 13.1 Å². The molecule has 5 rings (SSSR count). The number of benzene rings is 1. The van der Waals surface area contributed by atoms with E-state index in [0.717, 1.165) is 5.56 Å². The zero-order chi connectivity index (χ0) is 20.8. The molecule has 1 aliphatic heterocycles. The fourth-order valence-electron chi connectivity index (χ4n) is 4.04. The minimum absolute atomic E-state index is 0.0291. The van der Waals surface area contributed by atoms with Crippen molar-refractivity contribution >= 4 is 16.3 Å². The van der Waals surface area contributed by atoms with Gasteiger partial charge in [0.1, 0.15) is 5.82 Å². The van der Waals surface area contributed by atoms with Gasteiger partial charge in [-0.15, -0.1) is 5.10 Å². The van der Waals surface area contributed by atoms with Crippen molar-refractivity contribution < 1.29 is 18.7 Å². The lowest BCUT2D eigenvalue weighted by Crippen LogP contribution is -2.47. The van der Waals surface area contributed by atoms with E-state index < -0.39 is 0 Å².